The molecule has 0 spiro atoms. The van der Waals surface area contributed by atoms with Gasteiger partial charge in [-0.15, -0.1) is 35.3 Å². The smallest absolute Gasteiger partial charge is 0.188 e. The van der Waals surface area contributed by atoms with Crippen molar-refractivity contribution in [1.82, 2.24) is 10.3 Å². The minimum atomic E-state index is 0. The summed E-state index contributed by atoms with van der Waals surface area (Å²) in [7, 11) is 0. The van der Waals surface area contributed by atoms with Crippen LogP contribution in [-0.4, -0.2) is 24.0 Å². The van der Waals surface area contributed by atoms with Crippen molar-refractivity contribution >= 4 is 41.3 Å². The number of thiazole rings is 1. The monoisotopic (exact) mass is 416 g/mol. The van der Waals surface area contributed by atoms with Crippen molar-refractivity contribution < 1.29 is 0 Å². The van der Waals surface area contributed by atoms with Gasteiger partial charge in [0.1, 0.15) is 0 Å². The predicted molar refractivity (Wildman–Crippen MR) is 101 cm³/mol. The molecule has 4 nitrogen and oxygen atoms in total. The summed E-state index contributed by atoms with van der Waals surface area (Å²) in [5.74, 6) is 0.509. The molecule has 0 aliphatic rings. The third kappa shape index (κ3) is 6.90. The second-order valence-corrected chi connectivity index (χ2v) is 5.86. The number of hydrogen-bond acceptors (Lipinski definition) is 3. The highest BCUT2D eigenvalue weighted by Crippen LogP contribution is 2.11. The third-order valence-electron chi connectivity index (χ3n) is 2.84. The maximum atomic E-state index is 5.83. The van der Waals surface area contributed by atoms with Gasteiger partial charge in [-0.05, 0) is 18.9 Å². The van der Waals surface area contributed by atoms with Crippen LogP contribution >= 0.6 is 35.3 Å². The molecular formula is C15H21IN4S. The van der Waals surface area contributed by atoms with Crippen LogP contribution in [0.4, 0.5) is 0 Å². The lowest BCUT2D eigenvalue weighted by Gasteiger charge is -2.05. The Hall–Kier alpha value is -1.15. The molecule has 0 radical (unpaired) electrons. The molecule has 0 saturated heterocycles. The summed E-state index contributed by atoms with van der Waals surface area (Å²) >= 11 is 1.71. The van der Waals surface area contributed by atoms with E-state index in [9.17, 15) is 0 Å². The third-order valence-corrected chi connectivity index (χ3v) is 3.81. The Labute approximate surface area is 146 Å². The standard InChI is InChI=1S/C15H20N4S.HI/c1-12-11-19-14(20-12)8-10-18-15(16)17-9-7-13-5-3-2-4-6-13;/h2-6,11H,7-10H2,1H3,(H3,16,17,18);1H. The van der Waals surface area contributed by atoms with Crippen LogP contribution in [0.5, 0.6) is 0 Å². The molecule has 0 fully saturated rings. The van der Waals surface area contributed by atoms with Crippen LogP contribution in [0.2, 0.25) is 0 Å². The summed E-state index contributed by atoms with van der Waals surface area (Å²) in [6, 6.07) is 10.3. The fraction of sp³-hybridized carbons (Fsp3) is 0.333. The summed E-state index contributed by atoms with van der Waals surface area (Å²) in [5, 5.41) is 4.25. The van der Waals surface area contributed by atoms with Gasteiger partial charge in [0.25, 0.3) is 0 Å². The maximum Gasteiger partial charge on any atom is 0.188 e. The number of nitrogens with two attached hydrogens (primary N) is 1. The molecule has 114 valence electrons. The van der Waals surface area contributed by atoms with Crippen LogP contribution in [0.25, 0.3) is 0 Å². The number of hydrogen-bond donors (Lipinski definition) is 2. The SMILES string of the molecule is Cc1cnc(CCN=C(N)NCCc2ccccc2)s1.I. The molecule has 0 bridgehead atoms. The molecule has 0 aliphatic carbocycles. The zero-order chi connectivity index (χ0) is 14.2. The topological polar surface area (TPSA) is 63.3 Å². The molecule has 2 rings (SSSR count). The lowest BCUT2D eigenvalue weighted by Crippen LogP contribution is -2.33. The van der Waals surface area contributed by atoms with Gasteiger partial charge in [0.15, 0.2) is 5.96 Å². The normalized spacial score (nSPS) is 11.0. The first kappa shape index (κ1) is 17.9. The zero-order valence-corrected chi connectivity index (χ0v) is 15.2. The molecule has 0 amide bonds. The number of halogens is 1. The van der Waals surface area contributed by atoms with Gasteiger partial charge in [0.2, 0.25) is 0 Å². The van der Waals surface area contributed by atoms with Gasteiger partial charge in [0, 0.05) is 30.6 Å². The first-order valence-electron chi connectivity index (χ1n) is 6.73. The number of guanidine groups is 1. The largest absolute Gasteiger partial charge is 0.370 e. The van der Waals surface area contributed by atoms with E-state index < -0.39 is 0 Å². The molecule has 1 aromatic carbocycles. The van der Waals surface area contributed by atoms with E-state index in [1.54, 1.807) is 11.3 Å². The first-order valence-corrected chi connectivity index (χ1v) is 7.55. The number of benzene rings is 1. The van der Waals surface area contributed by atoms with E-state index in [0.717, 1.165) is 24.4 Å². The molecule has 2 aromatic rings. The molecule has 1 heterocycles. The van der Waals surface area contributed by atoms with Crippen LogP contribution in [0.3, 0.4) is 0 Å². The van der Waals surface area contributed by atoms with Crippen molar-refractivity contribution in [3.8, 4) is 0 Å². The molecule has 0 unspecified atom stereocenters. The van der Waals surface area contributed by atoms with Crippen molar-refractivity contribution in [3.63, 3.8) is 0 Å². The molecule has 1 aromatic heterocycles. The maximum absolute atomic E-state index is 5.83. The summed E-state index contributed by atoms with van der Waals surface area (Å²) in [4.78, 5) is 9.85. The molecule has 0 atom stereocenters. The van der Waals surface area contributed by atoms with Crippen molar-refractivity contribution in [1.29, 1.82) is 0 Å². The predicted octanol–water partition coefficient (Wildman–Crippen LogP) is 2.76. The fourth-order valence-electron chi connectivity index (χ4n) is 1.82. The van der Waals surface area contributed by atoms with E-state index in [-0.39, 0.29) is 24.0 Å². The lowest BCUT2D eigenvalue weighted by molar-refractivity contribution is 0.843. The Morgan fingerprint density at radius 3 is 2.71 bits per heavy atom. The molecule has 3 N–H and O–H groups in total. The van der Waals surface area contributed by atoms with Crippen molar-refractivity contribution in [2.45, 2.75) is 19.8 Å². The molecule has 21 heavy (non-hydrogen) atoms. The molecule has 6 heteroatoms. The second kappa shape index (κ2) is 9.73. The second-order valence-electron chi connectivity index (χ2n) is 4.54. The van der Waals surface area contributed by atoms with Gasteiger partial charge in [0.05, 0.1) is 5.01 Å². The minimum absolute atomic E-state index is 0. The fourth-order valence-corrected chi connectivity index (χ4v) is 2.60. The summed E-state index contributed by atoms with van der Waals surface area (Å²) < 4.78 is 0. The van der Waals surface area contributed by atoms with Crippen molar-refractivity contribution in [2.75, 3.05) is 13.1 Å². The van der Waals surface area contributed by atoms with E-state index in [4.69, 9.17) is 5.73 Å². The van der Waals surface area contributed by atoms with Gasteiger partial charge in [-0.25, -0.2) is 4.98 Å². The number of aliphatic imine (C=N–C) groups is 1. The van der Waals surface area contributed by atoms with E-state index in [2.05, 4.69) is 34.3 Å². The Bertz CT molecular complexity index is 554. The van der Waals surface area contributed by atoms with Gasteiger partial charge in [-0.3, -0.25) is 4.99 Å². The molecule has 0 aliphatic heterocycles. The van der Waals surface area contributed by atoms with Gasteiger partial charge < -0.3 is 11.1 Å². The Morgan fingerprint density at radius 1 is 1.29 bits per heavy atom. The Balaban J connectivity index is 0.00000220. The number of nitrogens with one attached hydrogen (secondary N) is 1. The Kier molecular flexibility index (Phi) is 8.29. The summed E-state index contributed by atoms with van der Waals surface area (Å²) in [5.41, 5.74) is 7.13. The quantitative estimate of drug-likeness (QED) is 0.433. The van der Waals surface area contributed by atoms with E-state index in [1.165, 1.54) is 10.4 Å². The highest BCUT2D eigenvalue weighted by molar-refractivity contribution is 14.0. The van der Waals surface area contributed by atoms with E-state index in [1.807, 2.05) is 24.4 Å². The number of nitrogens with zero attached hydrogens (tertiary/aromatic N) is 2. The summed E-state index contributed by atoms with van der Waals surface area (Å²) in [6.45, 7) is 3.54. The highest BCUT2D eigenvalue weighted by atomic mass is 127. The molecule has 0 saturated carbocycles. The van der Waals surface area contributed by atoms with Crippen LogP contribution in [0.1, 0.15) is 15.4 Å². The van der Waals surface area contributed by atoms with Crippen LogP contribution in [0.15, 0.2) is 41.5 Å². The van der Waals surface area contributed by atoms with Crippen LogP contribution in [-0.2, 0) is 12.8 Å². The minimum Gasteiger partial charge on any atom is -0.370 e. The van der Waals surface area contributed by atoms with E-state index >= 15 is 0 Å². The van der Waals surface area contributed by atoms with Crippen molar-refractivity contribution in [2.24, 2.45) is 10.7 Å². The highest BCUT2D eigenvalue weighted by Gasteiger charge is 1.98. The van der Waals surface area contributed by atoms with Gasteiger partial charge in [-0.2, -0.15) is 0 Å². The zero-order valence-electron chi connectivity index (χ0n) is 12.1. The van der Waals surface area contributed by atoms with Crippen molar-refractivity contribution in [3.05, 3.63) is 52.0 Å². The van der Waals surface area contributed by atoms with Crippen LogP contribution in [0, 0.1) is 6.92 Å². The number of aryl methyl sites for hydroxylation is 1. The summed E-state index contributed by atoms with van der Waals surface area (Å²) in [6.07, 6.45) is 3.69. The van der Waals surface area contributed by atoms with Gasteiger partial charge in [-0.1, -0.05) is 30.3 Å². The first-order chi connectivity index (χ1) is 9.74. The average Bonchev–Trinajstić information content (AvgIpc) is 2.86. The average molecular weight is 416 g/mol. The van der Waals surface area contributed by atoms with Gasteiger partial charge >= 0.3 is 0 Å². The lowest BCUT2D eigenvalue weighted by atomic mass is 10.1. The number of rotatable bonds is 6. The van der Waals surface area contributed by atoms with E-state index in [0.29, 0.717) is 12.5 Å². The Morgan fingerprint density at radius 2 is 2.05 bits per heavy atom. The number of aromatic nitrogens is 1. The molecular weight excluding hydrogens is 395 g/mol. The van der Waals surface area contributed by atoms with Crippen LogP contribution < -0.4 is 11.1 Å².